The second kappa shape index (κ2) is 15.1. The summed E-state index contributed by atoms with van der Waals surface area (Å²) in [5, 5.41) is 27.8. The van der Waals surface area contributed by atoms with E-state index in [4.69, 9.17) is 10.5 Å². The zero-order chi connectivity index (χ0) is 28.8. The lowest BCUT2D eigenvalue weighted by Crippen LogP contribution is -2.51. The number of nitro groups is 2. The number of amides is 3. The highest BCUT2D eigenvalue weighted by Gasteiger charge is 2.25. The number of nitro benzene ring substituents is 1. The molecule has 0 unspecified atom stereocenters. The van der Waals surface area contributed by atoms with E-state index in [1.807, 2.05) is 6.07 Å². The first-order valence-corrected chi connectivity index (χ1v) is 11.6. The monoisotopic (exact) mass is 544 g/mol. The Bertz CT molecular complexity index is 1190. The zero-order valence-electron chi connectivity index (χ0n) is 20.9. The van der Waals surface area contributed by atoms with Gasteiger partial charge in [-0.2, -0.15) is 0 Å². The highest BCUT2D eigenvalue weighted by Crippen LogP contribution is 2.16. The fourth-order valence-electron chi connectivity index (χ4n) is 3.09. The number of nitrogens with two attached hydrogens (primary N) is 1. The first-order chi connectivity index (χ1) is 18.5. The van der Waals surface area contributed by atoms with Gasteiger partial charge in [0.2, 0.25) is 11.8 Å². The zero-order valence-corrected chi connectivity index (χ0v) is 20.9. The summed E-state index contributed by atoms with van der Waals surface area (Å²) < 4.78 is 5.10. The van der Waals surface area contributed by atoms with Crippen LogP contribution in [-0.4, -0.2) is 52.5 Å². The molecular weight excluding hydrogens is 516 g/mol. The molecule has 0 aromatic heterocycles. The molecule has 0 saturated heterocycles. The second-order valence-electron chi connectivity index (χ2n) is 8.06. The molecule has 2 aromatic rings. The fourth-order valence-corrected chi connectivity index (χ4v) is 3.09. The quantitative estimate of drug-likeness (QED) is 0.0794. The van der Waals surface area contributed by atoms with Gasteiger partial charge in [0.15, 0.2) is 5.03 Å². The molecule has 2 aromatic carbocycles. The van der Waals surface area contributed by atoms with Gasteiger partial charge in [0.25, 0.3) is 11.6 Å². The minimum Gasteiger partial charge on any atom is -0.445 e. The van der Waals surface area contributed by atoms with Crippen LogP contribution < -0.4 is 27.1 Å². The van der Waals surface area contributed by atoms with E-state index in [1.54, 1.807) is 29.7 Å². The predicted octanol–water partition coefficient (Wildman–Crippen LogP) is 1.21. The van der Waals surface area contributed by atoms with E-state index in [-0.39, 0.29) is 37.4 Å². The Morgan fingerprint density at radius 3 is 2.28 bits per heavy atom. The number of hydrogen-bond acceptors (Lipinski definition) is 9. The summed E-state index contributed by atoms with van der Waals surface area (Å²) in [5.74, 6) is -1.76. The number of rotatable bonds is 13. The third-order valence-electron chi connectivity index (χ3n) is 5.06. The predicted molar refractivity (Wildman–Crippen MR) is 139 cm³/mol. The van der Waals surface area contributed by atoms with E-state index in [0.29, 0.717) is 0 Å². The summed E-state index contributed by atoms with van der Waals surface area (Å²) in [7, 11) is 0. The smallest absolute Gasteiger partial charge is 0.408 e. The number of benzene rings is 2. The van der Waals surface area contributed by atoms with Crippen LogP contribution in [0, 0.1) is 20.2 Å². The molecule has 0 radical (unpaired) electrons. The SMILES string of the molecule is C[C@H](NC(=O)OCc1ccccc1)C(=O)N[C@@H](CCCN=C(N)N[N+](=O)[O-])C(=O)Nc1ccc([N+](=O)[O-])cc1. The number of aliphatic imine (C=N–C) groups is 1. The van der Waals surface area contributed by atoms with Crippen LogP contribution in [0.15, 0.2) is 59.6 Å². The third kappa shape index (κ3) is 11.1. The molecule has 0 bridgehead atoms. The van der Waals surface area contributed by atoms with Crippen LogP contribution in [0.2, 0.25) is 0 Å². The lowest BCUT2D eigenvalue weighted by molar-refractivity contribution is -0.525. The molecule has 0 fully saturated rings. The maximum absolute atomic E-state index is 12.9. The molecule has 6 N–H and O–H groups in total. The van der Waals surface area contributed by atoms with E-state index in [2.05, 4.69) is 20.9 Å². The van der Waals surface area contributed by atoms with Gasteiger partial charge in [0.1, 0.15) is 18.7 Å². The summed E-state index contributed by atoms with van der Waals surface area (Å²) in [6, 6.07) is 11.8. The van der Waals surface area contributed by atoms with Gasteiger partial charge in [-0.25, -0.2) is 19.9 Å². The molecule has 208 valence electrons. The van der Waals surface area contributed by atoms with Crippen molar-refractivity contribution in [1.82, 2.24) is 16.1 Å². The first kappa shape index (κ1) is 29.9. The number of ether oxygens (including phenoxy) is 1. The molecule has 2 rings (SSSR count). The molecule has 0 saturated carbocycles. The Hall–Kier alpha value is -5.28. The number of hydrogen-bond donors (Lipinski definition) is 5. The molecule has 0 aliphatic rings. The fraction of sp³-hybridized carbons (Fsp3) is 0.304. The summed E-state index contributed by atoms with van der Waals surface area (Å²) in [6.07, 6.45) is -0.596. The maximum atomic E-state index is 12.9. The van der Waals surface area contributed by atoms with Crippen LogP contribution in [0.3, 0.4) is 0 Å². The van der Waals surface area contributed by atoms with Crippen molar-refractivity contribution < 1.29 is 29.1 Å². The number of guanidine groups is 1. The summed E-state index contributed by atoms with van der Waals surface area (Å²) in [6.45, 7) is 1.40. The number of nitrogens with zero attached hydrogens (tertiary/aromatic N) is 3. The minimum absolute atomic E-state index is 0.00344. The van der Waals surface area contributed by atoms with Gasteiger partial charge in [-0.05, 0) is 37.5 Å². The Morgan fingerprint density at radius 2 is 1.67 bits per heavy atom. The van der Waals surface area contributed by atoms with Gasteiger partial charge in [-0.3, -0.25) is 19.7 Å². The van der Waals surface area contributed by atoms with Crippen LogP contribution in [0.1, 0.15) is 25.3 Å². The van der Waals surface area contributed by atoms with Crippen molar-refractivity contribution in [1.29, 1.82) is 0 Å². The van der Waals surface area contributed by atoms with Gasteiger partial charge in [0.05, 0.1) is 4.92 Å². The molecule has 2 atom stereocenters. The van der Waals surface area contributed by atoms with E-state index in [0.717, 1.165) is 5.56 Å². The van der Waals surface area contributed by atoms with Crippen molar-refractivity contribution in [2.75, 3.05) is 11.9 Å². The van der Waals surface area contributed by atoms with Gasteiger partial charge < -0.3 is 26.4 Å². The van der Waals surface area contributed by atoms with Crippen molar-refractivity contribution in [3.63, 3.8) is 0 Å². The molecule has 0 aliphatic carbocycles. The number of nitrogens with one attached hydrogen (secondary N) is 4. The highest BCUT2D eigenvalue weighted by atomic mass is 16.7. The Labute approximate surface area is 222 Å². The van der Waals surface area contributed by atoms with E-state index < -0.39 is 45.9 Å². The van der Waals surface area contributed by atoms with Crippen LogP contribution >= 0.6 is 0 Å². The topological polar surface area (TPSA) is 233 Å². The largest absolute Gasteiger partial charge is 0.445 e. The lowest BCUT2D eigenvalue weighted by Gasteiger charge is -2.21. The Morgan fingerprint density at radius 1 is 1.00 bits per heavy atom. The number of non-ortho nitro benzene ring substituents is 1. The maximum Gasteiger partial charge on any atom is 0.408 e. The number of alkyl carbamates (subject to hydrolysis) is 1. The minimum atomic E-state index is -1.11. The lowest BCUT2D eigenvalue weighted by atomic mass is 10.1. The molecule has 39 heavy (non-hydrogen) atoms. The van der Waals surface area contributed by atoms with Crippen molar-refractivity contribution >= 4 is 35.2 Å². The van der Waals surface area contributed by atoms with E-state index in [1.165, 1.54) is 31.2 Å². The van der Waals surface area contributed by atoms with Crippen molar-refractivity contribution in [2.24, 2.45) is 10.7 Å². The molecule has 0 heterocycles. The van der Waals surface area contributed by atoms with Crippen molar-refractivity contribution in [2.45, 2.75) is 38.5 Å². The average molecular weight is 545 g/mol. The molecular formula is C23H28N8O8. The van der Waals surface area contributed by atoms with E-state index >= 15 is 0 Å². The van der Waals surface area contributed by atoms with Crippen LogP contribution in [0.5, 0.6) is 0 Å². The number of anilines is 1. The molecule has 16 nitrogen and oxygen atoms in total. The van der Waals surface area contributed by atoms with Gasteiger partial charge in [0, 0.05) is 24.4 Å². The Balaban J connectivity index is 1.99. The molecule has 16 heteroatoms. The summed E-state index contributed by atoms with van der Waals surface area (Å²) in [5.41, 5.74) is 7.88. The van der Waals surface area contributed by atoms with Crippen LogP contribution in [-0.2, 0) is 20.9 Å². The van der Waals surface area contributed by atoms with Gasteiger partial charge in [-0.15, -0.1) is 0 Å². The van der Waals surface area contributed by atoms with Crippen molar-refractivity contribution in [3.05, 3.63) is 80.4 Å². The number of carbonyl (C=O) groups excluding carboxylic acids is 3. The standard InChI is InChI=1S/C23H28N8O8/c1-15(26-23(34)39-14-16-6-3-2-4-7-16)20(32)28-19(8-5-13-25-22(24)29-31(37)38)21(33)27-17-9-11-18(12-10-17)30(35)36/h2-4,6-7,9-12,15,19H,5,8,13-14H2,1H3,(H,26,34)(H,27,33)(H,28,32)(H3,24,25,29)/t15-,19-/m0/s1. The highest BCUT2D eigenvalue weighted by molar-refractivity contribution is 5.98. The first-order valence-electron chi connectivity index (χ1n) is 11.6. The van der Waals surface area contributed by atoms with Crippen LogP contribution in [0.4, 0.5) is 16.2 Å². The third-order valence-corrected chi connectivity index (χ3v) is 5.06. The normalized spacial score (nSPS) is 12.4. The second-order valence-corrected chi connectivity index (χ2v) is 8.06. The van der Waals surface area contributed by atoms with Gasteiger partial charge >= 0.3 is 6.09 Å². The molecule has 3 amide bonds. The number of hydrazine groups is 1. The number of carbonyl (C=O) groups is 3. The molecule has 0 spiro atoms. The van der Waals surface area contributed by atoms with Gasteiger partial charge in [-0.1, -0.05) is 35.8 Å². The van der Waals surface area contributed by atoms with E-state index in [9.17, 15) is 34.6 Å². The van der Waals surface area contributed by atoms with Crippen LogP contribution in [0.25, 0.3) is 0 Å². The average Bonchev–Trinajstić information content (AvgIpc) is 2.89. The van der Waals surface area contributed by atoms with Crippen molar-refractivity contribution in [3.8, 4) is 0 Å². The Kier molecular flexibility index (Phi) is 11.6. The summed E-state index contributed by atoms with van der Waals surface area (Å²) in [4.78, 5) is 62.2. The summed E-state index contributed by atoms with van der Waals surface area (Å²) >= 11 is 0. The molecule has 0 aliphatic heterocycles.